The molecule has 110 valence electrons. The van der Waals surface area contributed by atoms with E-state index in [9.17, 15) is 0 Å². The smallest absolute Gasteiger partial charge is 0.174 e. The fourth-order valence-electron chi connectivity index (χ4n) is 2.74. The van der Waals surface area contributed by atoms with Crippen molar-refractivity contribution >= 4 is 11.7 Å². The van der Waals surface area contributed by atoms with Crippen molar-refractivity contribution in [1.82, 2.24) is 9.88 Å². The second-order valence-electron chi connectivity index (χ2n) is 5.49. The molecule has 20 heavy (non-hydrogen) atoms. The summed E-state index contributed by atoms with van der Waals surface area (Å²) in [5, 5.41) is 12.1. The minimum Gasteiger partial charge on any atom is -0.409 e. The number of hydrogen-bond donors (Lipinski definition) is 2. The lowest BCUT2D eigenvalue weighted by molar-refractivity contribution is 0.249. The van der Waals surface area contributed by atoms with Gasteiger partial charge in [0.1, 0.15) is 5.82 Å². The molecular formula is C14H23N5O. The Morgan fingerprint density at radius 2 is 2.10 bits per heavy atom. The lowest BCUT2D eigenvalue weighted by atomic mass is 10.0. The molecule has 0 saturated carbocycles. The molecule has 2 rings (SSSR count). The molecule has 0 atom stereocenters. The highest BCUT2D eigenvalue weighted by Gasteiger charge is 2.24. The molecule has 0 bridgehead atoms. The van der Waals surface area contributed by atoms with Gasteiger partial charge in [0.25, 0.3) is 0 Å². The van der Waals surface area contributed by atoms with E-state index in [1.807, 2.05) is 13.0 Å². The minimum atomic E-state index is 0.125. The number of oxime groups is 1. The van der Waals surface area contributed by atoms with E-state index in [-0.39, 0.29) is 5.84 Å². The van der Waals surface area contributed by atoms with Gasteiger partial charge in [0.05, 0.1) is 5.56 Å². The van der Waals surface area contributed by atoms with Gasteiger partial charge >= 0.3 is 0 Å². The quantitative estimate of drug-likeness (QED) is 0.373. The lowest BCUT2D eigenvalue weighted by Crippen LogP contribution is -2.43. The predicted octanol–water partition coefficient (Wildman–Crippen LogP) is 1.01. The first-order chi connectivity index (χ1) is 9.54. The molecule has 6 nitrogen and oxygen atoms in total. The number of hydrogen-bond acceptors (Lipinski definition) is 5. The van der Waals surface area contributed by atoms with Gasteiger partial charge in [0.2, 0.25) is 0 Å². The van der Waals surface area contributed by atoms with Crippen molar-refractivity contribution in [2.75, 3.05) is 32.1 Å². The molecule has 0 spiro atoms. The third-order valence-corrected chi connectivity index (χ3v) is 4.00. The summed E-state index contributed by atoms with van der Waals surface area (Å²) in [5.74, 6) is 0.942. The van der Waals surface area contributed by atoms with Crippen LogP contribution in [0.5, 0.6) is 0 Å². The molecule has 1 fully saturated rings. The number of amidine groups is 1. The molecule has 0 radical (unpaired) electrons. The molecule has 2 heterocycles. The maximum atomic E-state index is 8.96. The number of pyridine rings is 1. The Bertz CT molecular complexity index is 492. The van der Waals surface area contributed by atoms with Crippen molar-refractivity contribution in [3.05, 3.63) is 23.4 Å². The topological polar surface area (TPSA) is 78.0 Å². The zero-order valence-electron chi connectivity index (χ0n) is 12.4. The van der Waals surface area contributed by atoms with Gasteiger partial charge in [-0.05, 0) is 45.5 Å². The monoisotopic (exact) mass is 277 g/mol. The van der Waals surface area contributed by atoms with Crippen LogP contribution in [0.15, 0.2) is 17.4 Å². The first-order valence-corrected chi connectivity index (χ1v) is 6.89. The molecule has 1 aromatic heterocycles. The van der Waals surface area contributed by atoms with Crippen LogP contribution in [0.2, 0.25) is 0 Å². The van der Waals surface area contributed by atoms with Gasteiger partial charge in [-0.1, -0.05) is 5.16 Å². The van der Waals surface area contributed by atoms with Gasteiger partial charge in [-0.15, -0.1) is 0 Å². The molecule has 6 heteroatoms. The third kappa shape index (κ3) is 2.85. The van der Waals surface area contributed by atoms with Gasteiger partial charge in [-0.3, -0.25) is 0 Å². The number of nitrogens with two attached hydrogens (primary N) is 1. The first kappa shape index (κ1) is 14.6. The van der Waals surface area contributed by atoms with Crippen molar-refractivity contribution in [3.8, 4) is 0 Å². The van der Waals surface area contributed by atoms with Gasteiger partial charge in [-0.2, -0.15) is 0 Å². The number of anilines is 1. The van der Waals surface area contributed by atoms with Gasteiger partial charge < -0.3 is 20.7 Å². The average Bonchev–Trinajstić information content (AvgIpc) is 2.46. The first-order valence-electron chi connectivity index (χ1n) is 6.89. The van der Waals surface area contributed by atoms with Crippen LogP contribution in [0.1, 0.15) is 24.0 Å². The highest BCUT2D eigenvalue weighted by molar-refractivity contribution is 6.02. The van der Waals surface area contributed by atoms with Crippen LogP contribution in [0.4, 0.5) is 5.82 Å². The number of aromatic nitrogens is 1. The normalized spacial score (nSPS) is 17.8. The van der Waals surface area contributed by atoms with Crippen molar-refractivity contribution < 1.29 is 5.21 Å². The SMILES string of the molecule is Cc1ccnc(N2CCC(N(C)C)CC2)c1/C(N)=N/O. The number of piperidine rings is 1. The summed E-state index contributed by atoms with van der Waals surface area (Å²) in [6, 6.07) is 2.49. The molecule has 1 aliphatic heterocycles. The van der Waals surface area contributed by atoms with Crippen LogP contribution in [0, 0.1) is 6.92 Å². The molecule has 3 N–H and O–H groups in total. The second kappa shape index (κ2) is 6.09. The Balaban J connectivity index is 2.24. The number of nitrogens with zero attached hydrogens (tertiary/aromatic N) is 4. The molecule has 1 aliphatic rings. The summed E-state index contributed by atoms with van der Waals surface area (Å²) < 4.78 is 0. The Morgan fingerprint density at radius 3 is 2.65 bits per heavy atom. The van der Waals surface area contributed by atoms with Crippen LogP contribution in [0.25, 0.3) is 0 Å². The standard InChI is InChI=1S/C14H23N5O/c1-10-4-7-16-14(12(10)13(15)17-20)19-8-5-11(6-9-19)18(2)3/h4,7,11,20H,5-6,8-9H2,1-3H3,(H2,15,17). The summed E-state index contributed by atoms with van der Waals surface area (Å²) in [5.41, 5.74) is 7.51. The Labute approximate surface area is 119 Å². The molecule has 0 unspecified atom stereocenters. The molecule has 0 amide bonds. The molecule has 0 aromatic carbocycles. The van der Waals surface area contributed by atoms with E-state index < -0.39 is 0 Å². The van der Waals surface area contributed by atoms with Crippen LogP contribution in [-0.2, 0) is 0 Å². The van der Waals surface area contributed by atoms with Crippen LogP contribution >= 0.6 is 0 Å². The summed E-state index contributed by atoms with van der Waals surface area (Å²) >= 11 is 0. The average molecular weight is 277 g/mol. The van der Waals surface area contributed by atoms with E-state index in [1.165, 1.54) is 0 Å². The van der Waals surface area contributed by atoms with Crippen LogP contribution in [-0.4, -0.2) is 54.2 Å². The third-order valence-electron chi connectivity index (χ3n) is 4.00. The van der Waals surface area contributed by atoms with Crippen molar-refractivity contribution in [2.45, 2.75) is 25.8 Å². The highest BCUT2D eigenvalue weighted by atomic mass is 16.4. The highest BCUT2D eigenvalue weighted by Crippen LogP contribution is 2.25. The lowest BCUT2D eigenvalue weighted by Gasteiger charge is -2.36. The van der Waals surface area contributed by atoms with E-state index >= 15 is 0 Å². The molecular weight excluding hydrogens is 254 g/mol. The Morgan fingerprint density at radius 1 is 1.45 bits per heavy atom. The summed E-state index contributed by atoms with van der Waals surface area (Å²) in [6.07, 6.45) is 3.97. The summed E-state index contributed by atoms with van der Waals surface area (Å²) in [7, 11) is 4.24. The zero-order valence-corrected chi connectivity index (χ0v) is 12.4. The van der Waals surface area contributed by atoms with Crippen molar-refractivity contribution in [3.63, 3.8) is 0 Å². The largest absolute Gasteiger partial charge is 0.409 e. The maximum absolute atomic E-state index is 8.96. The van der Waals surface area contributed by atoms with Crippen LogP contribution in [0.3, 0.4) is 0 Å². The van der Waals surface area contributed by atoms with E-state index in [0.717, 1.165) is 42.9 Å². The van der Waals surface area contributed by atoms with E-state index in [0.29, 0.717) is 6.04 Å². The van der Waals surface area contributed by atoms with E-state index in [4.69, 9.17) is 10.9 Å². The van der Waals surface area contributed by atoms with Crippen molar-refractivity contribution in [1.29, 1.82) is 0 Å². The fraction of sp³-hybridized carbons (Fsp3) is 0.571. The molecule has 1 aromatic rings. The fourth-order valence-corrected chi connectivity index (χ4v) is 2.74. The van der Waals surface area contributed by atoms with Gasteiger partial charge in [0.15, 0.2) is 5.84 Å². The second-order valence-corrected chi connectivity index (χ2v) is 5.49. The molecule has 1 saturated heterocycles. The summed E-state index contributed by atoms with van der Waals surface area (Å²) in [4.78, 5) is 8.93. The predicted molar refractivity (Wildman–Crippen MR) is 80.4 cm³/mol. The number of rotatable bonds is 3. The van der Waals surface area contributed by atoms with E-state index in [1.54, 1.807) is 6.20 Å². The van der Waals surface area contributed by atoms with Crippen LogP contribution < -0.4 is 10.6 Å². The maximum Gasteiger partial charge on any atom is 0.174 e. The molecule has 0 aliphatic carbocycles. The minimum absolute atomic E-state index is 0.125. The van der Waals surface area contributed by atoms with Crippen molar-refractivity contribution in [2.24, 2.45) is 10.9 Å². The van der Waals surface area contributed by atoms with E-state index in [2.05, 4.69) is 34.0 Å². The Hall–Kier alpha value is -1.82. The zero-order chi connectivity index (χ0) is 14.7. The Kier molecular flexibility index (Phi) is 4.44. The van der Waals surface area contributed by atoms with Gasteiger partial charge in [0, 0.05) is 25.3 Å². The van der Waals surface area contributed by atoms with Gasteiger partial charge in [-0.25, -0.2) is 4.98 Å². The summed E-state index contributed by atoms with van der Waals surface area (Å²) in [6.45, 7) is 3.82. The number of aryl methyl sites for hydroxylation is 1.